The lowest BCUT2D eigenvalue weighted by atomic mass is 9.97. The van der Waals surface area contributed by atoms with E-state index in [0.717, 1.165) is 11.1 Å². The quantitative estimate of drug-likeness (QED) is 0.548. The average molecular weight is 434 g/mol. The first kappa shape index (κ1) is 22.7. The molecule has 0 saturated carbocycles. The van der Waals surface area contributed by atoms with E-state index in [1.54, 1.807) is 4.57 Å². The van der Waals surface area contributed by atoms with Crippen molar-refractivity contribution in [1.82, 2.24) is 9.55 Å². The van der Waals surface area contributed by atoms with Crippen LogP contribution >= 0.6 is 0 Å². The van der Waals surface area contributed by atoms with Crippen molar-refractivity contribution < 1.29 is 38.4 Å². The van der Waals surface area contributed by atoms with Gasteiger partial charge in [0.05, 0.1) is 24.0 Å². The van der Waals surface area contributed by atoms with Gasteiger partial charge in [-0.3, -0.25) is 14.4 Å². The fourth-order valence-corrected chi connectivity index (χ4v) is 3.73. The first-order valence-electron chi connectivity index (χ1n) is 9.84. The van der Waals surface area contributed by atoms with Crippen LogP contribution in [0.4, 0.5) is 0 Å². The van der Waals surface area contributed by atoms with Crippen molar-refractivity contribution in [3.8, 4) is 0 Å². The highest BCUT2D eigenvalue weighted by atomic mass is 16.7. The summed E-state index contributed by atoms with van der Waals surface area (Å²) < 4.78 is 23.9. The number of fused-ring (bicyclic) bond motifs is 1. The van der Waals surface area contributed by atoms with Crippen LogP contribution in [0, 0.1) is 13.8 Å². The summed E-state index contributed by atoms with van der Waals surface area (Å²) in [4.78, 5) is 39.8. The van der Waals surface area contributed by atoms with Crippen LogP contribution in [-0.2, 0) is 33.3 Å². The third kappa shape index (κ3) is 4.70. The van der Waals surface area contributed by atoms with E-state index in [-0.39, 0.29) is 0 Å². The molecule has 168 valence electrons. The molecule has 1 aliphatic heterocycles. The van der Waals surface area contributed by atoms with E-state index in [0.29, 0.717) is 11.0 Å². The molecule has 10 heteroatoms. The predicted molar refractivity (Wildman–Crippen MR) is 107 cm³/mol. The number of aliphatic hydroxyl groups excluding tert-OH is 1. The van der Waals surface area contributed by atoms with Crippen molar-refractivity contribution in [3.05, 3.63) is 29.6 Å². The maximum absolute atomic E-state index is 11.9. The Morgan fingerprint density at radius 2 is 1.52 bits per heavy atom. The largest absolute Gasteiger partial charge is 0.456 e. The van der Waals surface area contributed by atoms with Gasteiger partial charge >= 0.3 is 17.9 Å². The summed E-state index contributed by atoms with van der Waals surface area (Å²) >= 11 is 0. The summed E-state index contributed by atoms with van der Waals surface area (Å²) in [6.45, 7) is 6.97. The predicted octanol–water partition coefficient (Wildman–Crippen LogP) is 1.34. The minimum absolute atomic E-state index is 0.524. The first-order chi connectivity index (χ1) is 14.6. The van der Waals surface area contributed by atoms with Crippen molar-refractivity contribution in [1.29, 1.82) is 0 Å². The van der Waals surface area contributed by atoms with Crippen molar-refractivity contribution in [2.75, 3.05) is 6.61 Å². The maximum Gasteiger partial charge on any atom is 0.303 e. The number of nitrogens with zero attached hydrogens (tertiary/aromatic N) is 2. The highest BCUT2D eigenvalue weighted by molar-refractivity contribution is 5.77. The van der Waals surface area contributed by atoms with Gasteiger partial charge in [-0.05, 0) is 37.1 Å². The zero-order chi connectivity index (χ0) is 22.9. The summed E-state index contributed by atoms with van der Waals surface area (Å²) in [5.41, 5.74) is 3.47. The van der Waals surface area contributed by atoms with E-state index in [2.05, 4.69) is 4.98 Å². The second kappa shape index (κ2) is 9.03. The van der Waals surface area contributed by atoms with E-state index in [1.165, 1.54) is 27.1 Å². The number of aliphatic hydroxyl groups is 1. The summed E-state index contributed by atoms with van der Waals surface area (Å²) in [5.74, 6) is -1.97. The smallest absolute Gasteiger partial charge is 0.303 e. The second-order valence-corrected chi connectivity index (χ2v) is 7.55. The number of carbonyl (C=O) groups is 3. The molecule has 1 fully saturated rings. The van der Waals surface area contributed by atoms with Gasteiger partial charge in [-0.15, -0.1) is 0 Å². The molecule has 0 unspecified atom stereocenters. The Balaban J connectivity index is 2.13. The van der Waals surface area contributed by atoms with Crippen LogP contribution in [0.15, 0.2) is 18.5 Å². The van der Waals surface area contributed by atoms with E-state index >= 15 is 0 Å². The second-order valence-electron chi connectivity index (χ2n) is 7.55. The third-order valence-electron chi connectivity index (χ3n) is 5.16. The summed E-state index contributed by atoms with van der Waals surface area (Å²) in [6, 6.07) is 3.83. The minimum atomic E-state index is -1.20. The van der Waals surface area contributed by atoms with Crippen LogP contribution in [0.5, 0.6) is 0 Å². The number of imidazole rings is 1. The molecule has 0 amide bonds. The molecule has 1 N–H and O–H groups in total. The lowest BCUT2D eigenvalue weighted by Crippen LogP contribution is -2.60. The molecule has 5 atom stereocenters. The molecule has 1 aromatic carbocycles. The Morgan fingerprint density at radius 3 is 2.10 bits per heavy atom. The van der Waals surface area contributed by atoms with Gasteiger partial charge in [0.1, 0.15) is 6.10 Å². The number of aromatic nitrogens is 2. The minimum Gasteiger partial charge on any atom is -0.456 e. The Bertz CT molecular complexity index is 1000. The van der Waals surface area contributed by atoms with Gasteiger partial charge in [-0.1, -0.05) is 0 Å². The lowest BCUT2D eigenvalue weighted by molar-refractivity contribution is -0.266. The molecule has 0 bridgehead atoms. The molecule has 1 saturated heterocycles. The highest BCUT2D eigenvalue weighted by Crippen LogP contribution is 2.36. The third-order valence-corrected chi connectivity index (χ3v) is 5.16. The van der Waals surface area contributed by atoms with Crippen LogP contribution in [-0.4, -0.2) is 63.6 Å². The van der Waals surface area contributed by atoms with Gasteiger partial charge in [-0.25, -0.2) is 4.98 Å². The van der Waals surface area contributed by atoms with Crippen molar-refractivity contribution in [2.45, 2.75) is 65.3 Å². The molecule has 0 spiro atoms. The fourth-order valence-electron chi connectivity index (χ4n) is 3.73. The first-order valence-corrected chi connectivity index (χ1v) is 9.84. The SMILES string of the molecule is CC(=O)O[C@@H]1[C@@H](OC(C)=O)[C@@H](n2cnc3cc(C)c(C)cc32)O[C@H](CO)[C@H]1OC(C)=O. The van der Waals surface area contributed by atoms with Gasteiger partial charge in [0, 0.05) is 20.8 Å². The molecule has 2 aromatic rings. The van der Waals surface area contributed by atoms with Gasteiger partial charge in [0.2, 0.25) is 0 Å². The van der Waals surface area contributed by atoms with Crippen molar-refractivity contribution >= 4 is 28.9 Å². The van der Waals surface area contributed by atoms with Gasteiger partial charge in [-0.2, -0.15) is 0 Å². The molecule has 2 heterocycles. The van der Waals surface area contributed by atoms with Crippen LogP contribution in [0.1, 0.15) is 38.1 Å². The van der Waals surface area contributed by atoms with E-state index in [9.17, 15) is 19.5 Å². The molecule has 1 aliphatic rings. The van der Waals surface area contributed by atoms with Crippen molar-refractivity contribution in [3.63, 3.8) is 0 Å². The number of rotatable bonds is 5. The van der Waals surface area contributed by atoms with Crippen LogP contribution < -0.4 is 0 Å². The number of carbonyl (C=O) groups excluding carboxylic acids is 3. The van der Waals surface area contributed by atoms with Crippen molar-refractivity contribution in [2.24, 2.45) is 0 Å². The van der Waals surface area contributed by atoms with Gasteiger partial charge < -0.3 is 28.6 Å². The molecular formula is C21H26N2O8. The highest BCUT2D eigenvalue weighted by Gasteiger charge is 2.52. The number of benzene rings is 1. The molecule has 3 rings (SSSR count). The number of hydrogen-bond donors (Lipinski definition) is 1. The zero-order valence-corrected chi connectivity index (χ0v) is 18.0. The van der Waals surface area contributed by atoms with E-state index in [1.807, 2.05) is 26.0 Å². The Labute approximate surface area is 179 Å². The average Bonchev–Trinajstić information content (AvgIpc) is 3.06. The number of aryl methyl sites for hydroxylation is 2. The molecule has 0 radical (unpaired) electrons. The lowest BCUT2D eigenvalue weighted by Gasteiger charge is -2.44. The Kier molecular flexibility index (Phi) is 6.61. The van der Waals surface area contributed by atoms with Gasteiger partial charge in [0.25, 0.3) is 0 Å². The molecule has 0 aliphatic carbocycles. The van der Waals surface area contributed by atoms with E-state index in [4.69, 9.17) is 18.9 Å². The molecular weight excluding hydrogens is 408 g/mol. The molecule has 1 aromatic heterocycles. The normalized spacial score (nSPS) is 25.8. The standard InChI is InChI=1S/C21H26N2O8/c1-10-6-15-16(7-11(10)2)23(9-22-15)21-20(30-14(5)27)19(29-13(4)26)18(28-12(3)25)17(8-24)31-21/h6-7,9,17-21,24H,8H2,1-5H3/t17-,18-,19+,20-,21+/m1/s1. The fraction of sp³-hybridized carbons (Fsp3) is 0.524. The molecule has 31 heavy (non-hydrogen) atoms. The van der Waals surface area contributed by atoms with Crippen LogP contribution in [0.25, 0.3) is 11.0 Å². The monoisotopic (exact) mass is 434 g/mol. The van der Waals surface area contributed by atoms with Crippen LogP contribution in [0.2, 0.25) is 0 Å². The zero-order valence-electron chi connectivity index (χ0n) is 18.0. The summed E-state index contributed by atoms with van der Waals surface area (Å²) in [7, 11) is 0. The topological polar surface area (TPSA) is 126 Å². The number of esters is 3. The summed E-state index contributed by atoms with van der Waals surface area (Å²) in [5, 5.41) is 9.91. The maximum atomic E-state index is 11.9. The van der Waals surface area contributed by atoms with Crippen LogP contribution in [0.3, 0.4) is 0 Å². The Morgan fingerprint density at radius 1 is 0.968 bits per heavy atom. The number of ether oxygens (including phenoxy) is 4. The Hall–Kier alpha value is -2.98. The van der Waals surface area contributed by atoms with Gasteiger partial charge in [0.15, 0.2) is 24.5 Å². The molecule has 10 nitrogen and oxygen atoms in total. The van der Waals surface area contributed by atoms with E-state index < -0.39 is 55.2 Å². The number of hydrogen-bond acceptors (Lipinski definition) is 9. The summed E-state index contributed by atoms with van der Waals surface area (Å²) in [6.07, 6.45) is -4.04.